The van der Waals surface area contributed by atoms with E-state index < -0.39 is 23.0 Å². The highest BCUT2D eigenvalue weighted by Crippen LogP contribution is 2.27. The zero-order chi connectivity index (χ0) is 30.1. The highest BCUT2D eigenvalue weighted by molar-refractivity contribution is 9.10. The first-order valence-electron chi connectivity index (χ1n) is 12.7. The van der Waals surface area contributed by atoms with Crippen LogP contribution in [0.1, 0.15) is 33.2 Å². The third-order valence-corrected chi connectivity index (χ3v) is 7.48. The van der Waals surface area contributed by atoms with Gasteiger partial charge in [-0.15, -0.1) is 11.8 Å². The summed E-state index contributed by atoms with van der Waals surface area (Å²) in [5.74, 6) is -2.33. The molecule has 0 saturated carbocycles. The standard InChI is InChI=1S/C32H26BrN3O5S/c1-20(29(37)34-25-10-5-9-23(18-25)32(40)41)42-27-12-6-11-26(19-27)35-31(39)28(17-21-13-15-24(33)16-14-21)36-30(38)22-7-3-2-4-8-22/h2-20H,1H3,(H,34,37)(H,35,39)(H,36,38)(H,40,41)/b28-17-. The third kappa shape index (κ3) is 8.66. The minimum Gasteiger partial charge on any atom is -0.478 e. The van der Waals surface area contributed by atoms with Crippen LogP contribution in [0.3, 0.4) is 0 Å². The molecule has 1 unspecified atom stereocenters. The number of hydrogen-bond acceptors (Lipinski definition) is 5. The van der Waals surface area contributed by atoms with Gasteiger partial charge in [0.15, 0.2) is 0 Å². The van der Waals surface area contributed by atoms with Gasteiger partial charge in [0.1, 0.15) is 5.70 Å². The minimum atomic E-state index is -1.08. The van der Waals surface area contributed by atoms with E-state index in [0.29, 0.717) is 16.9 Å². The van der Waals surface area contributed by atoms with Crippen molar-refractivity contribution in [2.24, 2.45) is 0 Å². The Labute approximate surface area is 255 Å². The van der Waals surface area contributed by atoms with Crippen LogP contribution in [0.2, 0.25) is 0 Å². The Morgan fingerprint density at radius 3 is 2.12 bits per heavy atom. The highest BCUT2D eigenvalue weighted by Gasteiger charge is 2.18. The number of nitrogens with one attached hydrogen (secondary N) is 3. The van der Waals surface area contributed by atoms with Gasteiger partial charge in [-0.05, 0) is 79.2 Å². The molecule has 42 heavy (non-hydrogen) atoms. The number of halogens is 1. The van der Waals surface area contributed by atoms with Gasteiger partial charge in [0.25, 0.3) is 11.8 Å². The van der Waals surface area contributed by atoms with E-state index in [1.165, 1.54) is 23.9 Å². The number of benzene rings is 4. The van der Waals surface area contributed by atoms with Crippen molar-refractivity contribution in [3.8, 4) is 0 Å². The van der Waals surface area contributed by atoms with Crippen LogP contribution < -0.4 is 16.0 Å². The number of thioether (sulfide) groups is 1. The van der Waals surface area contributed by atoms with Crippen molar-refractivity contribution in [1.29, 1.82) is 0 Å². The zero-order valence-electron chi connectivity index (χ0n) is 22.3. The van der Waals surface area contributed by atoms with Crippen LogP contribution in [-0.4, -0.2) is 34.0 Å². The lowest BCUT2D eigenvalue weighted by atomic mass is 10.1. The Kier molecular flexibility index (Phi) is 10.3. The van der Waals surface area contributed by atoms with Crippen LogP contribution >= 0.6 is 27.7 Å². The van der Waals surface area contributed by atoms with E-state index in [0.717, 1.165) is 14.9 Å². The minimum absolute atomic E-state index is 0.0561. The SMILES string of the molecule is CC(Sc1cccc(NC(=O)/C(=C/c2ccc(Br)cc2)NC(=O)c2ccccc2)c1)C(=O)Nc1cccc(C(=O)O)c1. The molecule has 1 atom stereocenters. The number of anilines is 2. The Morgan fingerprint density at radius 1 is 0.786 bits per heavy atom. The van der Waals surface area contributed by atoms with Crippen molar-refractivity contribution in [1.82, 2.24) is 5.32 Å². The van der Waals surface area contributed by atoms with Gasteiger partial charge < -0.3 is 21.1 Å². The smallest absolute Gasteiger partial charge is 0.335 e. The number of carboxylic acids is 1. The second kappa shape index (κ2) is 14.3. The Morgan fingerprint density at radius 2 is 1.43 bits per heavy atom. The summed E-state index contributed by atoms with van der Waals surface area (Å²) < 4.78 is 0.880. The lowest BCUT2D eigenvalue weighted by molar-refractivity contribution is -0.115. The summed E-state index contributed by atoms with van der Waals surface area (Å²) in [6, 6.07) is 28.9. The second-order valence-corrected chi connectivity index (χ2v) is 11.4. The molecule has 0 spiro atoms. The van der Waals surface area contributed by atoms with Gasteiger partial charge in [-0.25, -0.2) is 4.79 Å². The predicted octanol–water partition coefficient (Wildman–Crippen LogP) is 6.68. The molecule has 0 bridgehead atoms. The van der Waals surface area contributed by atoms with Gasteiger partial charge in [-0.1, -0.05) is 58.4 Å². The number of aromatic carboxylic acids is 1. The fourth-order valence-electron chi connectivity index (χ4n) is 3.75. The molecule has 0 fully saturated rings. The Balaban J connectivity index is 1.46. The molecule has 0 aromatic heterocycles. The predicted molar refractivity (Wildman–Crippen MR) is 168 cm³/mol. The van der Waals surface area contributed by atoms with Crippen LogP contribution in [0, 0.1) is 0 Å². The summed E-state index contributed by atoms with van der Waals surface area (Å²) in [6.45, 7) is 1.73. The maximum absolute atomic E-state index is 13.4. The summed E-state index contributed by atoms with van der Waals surface area (Å²) in [5.41, 5.74) is 2.12. The quantitative estimate of drug-likeness (QED) is 0.113. The van der Waals surface area contributed by atoms with Gasteiger partial charge in [-0.3, -0.25) is 14.4 Å². The first kappa shape index (κ1) is 30.3. The molecule has 4 N–H and O–H groups in total. The molecule has 0 heterocycles. The molecule has 4 rings (SSSR count). The van der Waals surface area contributed by atoms with Crippen molar-refractivity contribution < 1.29 is 24.3 Å². The number of amides is 3. The molecule has 0 saturated heterocycles. The van der Waals surface area contributed by atoms with Gasteiger partial charge in [-0.2, -0.15) is 0 Å². The van der Waals surface area contributed by atoms with Gasteiger partial charge in [0.05, 0.1) is 10.8 Å². The fraction of sp³-hybridized carbons (Fsp3) is 0.0625. The normalized spacial score (nSPS) is 11.7. The van der Waals surface area contributed by atoms with Gasteiger partial charge in [0, 0.05) is 26.3 Å². The maximum atomic E-state index is 13.4. The Hall–Kier alpha value is -4.67. The lowest BCUT2D eigenvalue weighted by Gasteiger charge is -2.14. The summed E-state index contributed by atoms with van der Waals surface area (Å²) in [6.07, 6.45) is 1.59. The molecule has 0 radical (unpaired) electrons. The van der Waals surface area contributed by atoms with Crippen molar-refractivity contribution in [3.05, 3.63) is 130 Å². The summed E-state index contributed by atoms with van der Waals surface area (Å²) >= 11 is 4.67. The van der Waals surface area contributed by atoms with Crippen LogP contribution in [0.5, 0.6) is 0 Å². The van der Waals surface area contributed by atoms with E-state index in [2.05, 4.69) is 31.9 Å². The number of carboxylic acid groups (broad SMARTS) is 1. The van der Waals surface area contributed by atoms with Crippen LogP contribution in [0.15, 0.2) is 118 Å². The maximum Gasteiger partial charge on any atom is 0.335 e. The van der Waals surface area contributed by atoms with Crippen molar-refractivity contribution in [2.45, 2.75) is 17.1 Å². The van der Waals surface area contributed by atoms with Crippen molar-refractivity contribution >= 4 is 68.8 Å². The first-order valence-corrected chi connectivity index (χ1v) is 14.4. The fourth-order valence-corrected chi connectivity index (χ4v) is 4.94. The van der Waals surface area contributed by atoms with Crippen LogP contribution in [-0.2, 0) is 9.59 Å². The van der Waals surface area contributed by atoms with Gasteiger partial charge >= 0.3 is 5.97 Å². The molecule has 4 aromatic carbocycles. The van der Waals surface area contributed by atoms with Gasteiger partial charge in [0.2, 0.25) is 5.91 Å². The molecule has 0 aliphatic heterocycles. The molecule has 8 nitrogen and oxygen atoms in total. The summed E-state index contributed by atoms with van der Waals surface area (Å²) in [7, 11) is 0. The average molecular weight is 645 g/mol. The third-order valence-electron chi connectivity index (χ3n) is 5.86. The summed E-state index contributed by atoms with van der Waals surface area (Å²) in [4.78, 5) is 50.9. The number of carbonyl (C=O) groups excluding carboxylic acids is 3. The largest absolute Gasteiger partial charge is 0.478 e. The molecule has 0 aliphatic rings. The molecule has 0 aliphatic carbocycles. The van der Waals surface area contributed by atoms with E-state index in [9.17, 15) is 24.3 Å². The van der Waals surface area contributed by atoms with Crippen molar-refractivity contribution in [2.75, 3.05) is 10.6 Å². The molecule has 10 heteroatoms. The second-order valence-electron chi connectivity index (χ2n) is 9.05. The number of carbonyl (C=O) groups is 4. The topological polar surface area (TPSA) is 125 Å². The monoisotopic (exact) mass is 643 g/mol. The zero-order valence-corrected chi connectivity index (χ0v) is 24.7. The number of rotatable bonds is 10. The van der Waals surface area contributed by atoms with E-state index in [1.807, 2.05) is 30.3 Å². The number of hydrogen-bond donors (Lipinski definition) is 4. The van der Waals surface area contributed by atoms with E-state index in [-0.39, 0.29) is 17.2 Å². The van der Waals surface area contributed by atoms with Crippen molar-refractivity contribution in [3.63, 3.8) is 0 Å². The molecular weight excluding hydrogens is 618 g/mol. The van der Waals surface area contributed by atoms with Crippen LogP contribution in [0.25, 0.3) is 6.08 Å². The molecule has 212 valence electrons. The van der Waals surface area contributed by atoms with E-state index in [4.69, 9.17) is 0 Å². The molecule has 3 amide bonds. The first-order chi connectivity index (χ1) is 20.2. The Bertz CT molecular complexity index is 1640. The average Bonchev–Trinajstić information content (AvgIpc) is 2.98. The van der Waals surface area contributed by atoms with Crippen LogP contribution in [0.4, 0.5) is 11.4 Å². The lowest BCUT2D eigenvalue weighted by Crippen LogP contribution is -2.30. The molecule has 4 aromatic rings. The summed E-state index contributed by atoms with van der Waals surface area (Å²) in [5, 5.41) is 16.9. The van der Waals surface area contributed by atoms with E-state index in [1.54, 1.807) is 73.7 Å². The highest BCUT2D eigenvalue weighted by atomic mass is 79.9. The molecular formula is C32H26BrN3O5S. The van der Waals surface area contributed by atoms with E-state index >= 15 is 0 Å².